The lowest BCUT2D eigenvalue weighted by molar-refractivity contribution is -0.120. The van der Waals surface area contributed by atoms with Crippen molar-refractivity contribution in [3.8, 4) is 0 Å². The van der Waals surface area contributed by atoms with Crippen molar-refractivity contribution in [2.45, 2.75) is 13.0 Å². The molecule has 0 aliphatic rings. The number of benzene rings is 2. The predicted molar refractivity (Wildman–Crippen MR) is 95.6 cm³/mol. The Kier molecular flexibility index (Phi) is 3.71. The lowest BCUT2D eigenvalue weighted by Gasteiger charge is -2.06. The summed E-state index contributed by atoms with van der Waals surface area (Å²) in [6.45, 7) is 0.485. The Hall–Kier alpha value is -3.14. The second-order valence-corrected chi connectivity index (χ2v) is 5.85. The summed E-state index contributed by atoms with van der Waals surface area (Å²) in [5, 5.41) is 5.16. The first kappa shape index (κ1) is 14.5. The van der Waals surface area contributed by atoms with E-state index < -0.39 is 0 Å². The molecule has 0 aliphatic heterocycles. The van der Waals surface area contributed by atoms with Crippen molar-refractivity contribution in [3.05, 3.63) is 78.1 Å². The molecule has 2 N–H and O–H groups in total. The minimum atomic E-state index is 0.00733. The summed E-state index contributed by atoms with van der Waals surface area (Å²) in [6.07, 6.45) is 4.08. The van der Waals surface area contributed by atoms with E-state index in [1.165, 1.54) is 0 Å². The van der Waals surface area contributed by atoms with Crippen LogP contribution in [0.25, 0.3) is 21.8 Å². The van der Waals surface area contributed by atoms with Crippen LogP contribution in [-0.4, -0.2) is 15.9 Å². The predicted octanol–water partition coefficient (Wildman–Crippen LogP) is 3.58. The zero-order valence-corrected chi connectivity index (χ0v) is 13.1. The van der Waals surface area contributed by atoms with Crippen LogP contribution < -0.4 is 5.32 Å². The zero-order valence-electron chi connectivity index (χ0n) is 13.1. The number of pyridine rings is 1. The van der Waals surface area contributed by atoms with Gasteiger partial charge in [0.2, 0.25) is 5.91 Å². The smallest absolute Gasteiger partial charge is 0.224 e. The van der Waals surface area contributed by atoms with Gasteiger partial charge in [-0.25, -0.2) is 0 Å². The fourth-order valence-electron chi connectivity index (χ4n) is 2.93. The quantitative estimate of drug-likeness (QED) is 0.605. The van der Waals surface area contributed by atoms with E-state index in [4.69, 9.17) is 0 Å². The summed E-state index contributed by atoms with van der Waals surface area (Å²) in [6, 6.07) is 18.0. The van der Waals surface area contributed by atoms with E-state index >= 15 is 0 Å². The first-order valence-electron chi connectivity index (χ1n) is 7.95. The number of aromatic amines is 1. The number of hydrogen-bond donors (Lipinski definition) is 2. The van der Waals surface area contributed by atoms with E-state index in [2.05, 4.69) is 21.4 Å². The molecule has 0 spiro atoms. The molecule has 0 fully saturated rings. The molecule has 2 heterocycles. The highest BCUT2D eigenvalue weighted by Crippen LogP contribution is 2.18. The molecule has 4 aromatic rings. The van der Waals surface area contributed by atoms with Crippen molar-refractivity contribution in [2.75, 3.05) is 0 Å². The molecule has 4 heteroatoms. The van der Waals surface area contributed by atoms with Crippen LogP contribution in [0.3, 0.4) is 0 Å². The van der Waals surface area contributed by atoms with E-state index in [0.29, 0.717) is 13.0 Å². The third-order valence-electron chi connectivity index (χ3n) is 4.16. The van der Waals surface area contributed by atoms with Crippen molar-refractivity contribution in [1.29, 1.82) is 0 Å². The molecule has 0 radical (unpaired) electrons. The Morgan fingerprint density at radius 1 is 1.08 bits per heavy atom. The molecule has 2 aromatic carbocycles. The number of fused-ring (bicyclic) bond motifs is 2. The maximum absolute atomic E-state index is 12.2. The van der Waals surface area contributed by atoms with Gasteiger partial charge in [0.05, 0.1) is 11.9 Å². The molecule has 0 saturated heterocycles. The molecule has 4 nitrogen and oxygen atoms in total. The van der Waals surface area contributed by atoms with Crippen LogP contribution in [0.15, 0.2) is 67.0 Å². The van der Waals surface area contributed by atoms with Gasteiger partial charge >= 0.3 is 0 Å². The number of nitrogens with zero attached hydrogens (tertiary/aromatic N) is 1. The molecule has 24 heavy (non-hydrogen) atoms. The van der Waals surface area contributed by atoms with Gasteiger partial charge in [-0.15, -0.1) is 0 Å². The van der Waals surface area contributed by atoms with Crippen LogP contribution in [0.1, 0.15) is 11.1 Å². The molecule has 0 aliphatic carbocycles. The Bertz CT molecular complexity index is 1020. The monoisotopic (exact) mass is 315 g/mol. The molecule has 2 aromatic heterocycles. The lowest BCUT2D eigenvalue weighted by Crippen LogP contribution is -2.24. The molecule has 4 rings (SSSR count). The van der Waals surface area contributed by atoms with Crippen LogP contribution in [0.4, 0.5) is 0 Å². The van der Waals surface area contributed by atoms with Gasteiger partial charge in [0.1, 0.15) is 0 Å². The molecular weight excluding hydrogens is 298 g/mol. The molecular formula is C20H17N3O. The number of amides is 1. The van der Waals surface area contributed by atoms with E-state index in [1.54, 1.807) is 0 Å². The van der Waals surface area contributed by atoms with E-state index in [1.807, 2.05) is 60.9 Å². The second kappa shape index (κ2) is 6.16. The van der Waals surface area contributed by atoms with E-state index in [9.17, 15) is 4.79 Å². The Labute approximate surface area is 139 Å². The van der Waals surface area contributed by atoms with Crippen LogP contribution in [0, 0.1) is 0 Å². The van der Waals surface area contributed by atoms with Crippen LogP contribution in [-0.2, 0) is 17.8 Å². The van der Waals surface area contributed by atoms with Gasteiger partial charge in [-0.1, -0.05) is 36.4 Å². The van der Waals surface area contributed by atoms with Crippen molar-refractivity contribution >= 4 is 27.7 Å². The minimum absolute atomic E-state index is 0.00733. The molecule has 0 unspecified atom stereocenters. The number of nitrogens with one attached hydrogen (secondary N) is 2. The number of aromatic nitrogens is 2. The van der Waals surface area contributed by atoms with Gasteiger partial charge in [0.15, 0.2) is 0 Å². The summed E-state index contributed by atoms with van der Waals surface area (Å²) >= 11 is 0. The molecule has 0 saturated carbocycles. The van der Waals surface area contributed by atoms with Gasteiger partial charge in [-0.2, -0.15) is 0 Å². The minimum Gasteiger partial charge on any atom is -0.361 e. The number of carbonyl (C=O) groups excluding carboxylic acids is 1. The maximum Gasteiger partial charge on any atom is 0.224 e. The summed E-state index contributed by atoms with van der Waals surface area (Å²) in [5.74, 6) is 0.00733. The second-order valence-electron chi connectivity index (χ2n) is 5.85. The van der Waals surface area contributed by atoms with Gasteiger partial charge in [0.25, 0.3) is 0 Å². The highest BCUT2D eigenvalue weighted by atomic mass is 16.1. The highest BCUT2D eigenvalue weighted by molar-refractivity contribution is 5.88. The third-order valence-corrected chi connectivity index (χ3v) is 4.16. The van der Waals surface area contributed by atoms with Gasteiger partial charge < -0.3 is 10.3 Å². The molecule has 118 valence electrons. The third kappa shape index (κ3) is 2.86. The summed E-state index contributed by atoms with van der Waals surface area (Å²) in [5.41, 5.74) is 4.03. The van der Waals surface area contributed by atoms with E-state index in [-0.39, 0.29) is 5.91 Å². The Balaban J connectivity index is 1.44. The van der Waals surface area contributed by atoms with Crippen molar-refractivity contribution in [1.82, 2.24) is 15.3 Å². The van der Waals surface area contributed by atoms with Crippen LogP contribution in [0.5, 0.6) is 0 Å². The SMILES string of the molecule is O=C(Cc1c[nH]c2ccccc12)NCc1cnc2ccccc2c1. The fourth-order valence-corrected chi connectivity index (χ4v) is 2.93. The maximum atomic E-state index is 12.2. The van der Waals surface area contributed by atoms with Gasteiger partial charge in [0, 0.05) is 35.2 Å². The molecule has 0 bridgehead atoms. The van der Waals surface area contributed by atoms with Gasteiger partial charge in [-0.3, -0.25) is 9.78 Å². The largest absolute Gasteiger partial charge is 0.361 e. The first-order valence-corrected chi connectivity index (χ1v) is 7.95. The van der Waals surface area contributed by atoms with Crippen molar-refractivity contribution in [3.63, 3.8) is 0 Å². The summed E-state index contributed by atoms with van der Waals surface area (Å²) in [4.78, 5) is 19.9. The number of carbonyl (C=O) groups is 1. The average Bonchev–Trinajstić information content (AvgIpc) is 3.03. The van der Waals surface area contributed by atoms with Crippen molar-refractivity contribution in [2.24, 2.45) is 0 Å². The normalized spacial score (nSPS) is 11.0. The number of H-pyrrole nitrogens is 1. The average molecular weight is 315 g/mol. The summed E-state index contributed by atoms with van der Waals surface area (Å²) < 4.78 is 0. The number of hydrogen-bond acceptors (Lipinski definition) is 2. The lowest BCUT2D eigenvalue weighted by atomic mass is 10.1. The zero-order chi connectivity index (χ0) is 16.4. The Morgan fingerprint density at radius 2 is 1.92 bits per heavy atom. The number of para-hydroxylation sites is 2. The first-order chi connectivity index (χ1) is 11.8. The van der Waals surface area contributed by atoms with Crippen LogP contribution >= 0.6 is 0 Å². The van der Waals surface area contributed by atoms with Crippen LogP contribution in [0.2, 0.25) is 0 Å². The number of rotatable bonds is 4. The Morgan fingerprint density at radius 3 is 2.88 bits per heavy atom. The van der Waals surface area contributed by atoms with Crippen molar-refractivity contribution < 1.29 is 4.79 Å². The van der Waals surface area contributed by atoms with Gasteiger partial charge in [-0.05, 0) is 29.3 Å². The van der Waals surface area contributed by atoms with E-state index in [0.717, 1.165) is 32.9 Å². The standard InChI is InChI=1S/C20H17N3O/c24-20(10-16-13-22-19-8-4-2-6-17(16)19)23-12-14-9-15-5-1-3-7-18(15)21-11-14/h1-9,11,13,22H,10,12H2,(H,23,24). The molecule has 0 atom stereocenters. The highest BCUT2D eigenvalue weighted by Gasteiger charge is 2.08. The summed E-state index contributed by atoms with van der Waals surface area (Å²) in [7, 11) is 0. The fraction of sp³-hybridized carbons (Fsp3) is 0.100. The topological polar surface area (TPSA) is 57.8 Å². The molecule has 1 amide bonds.